The van der Waals surface area contributed by atoms with Crippen molar-refractivity contribution in [2.75, 3.05) is 45.1 Å². The molecule has 1 saturated heterocycles. The quantitative estimate of drug-likeness (QED) is 0.807. The van der Waals surface area contributed by atoms with Crippen molar-refractivity contribution in [3.05, 3.63) is 23.8 Å². The fraction of sp³-hybridized carbons (Fsp3) is 0.600. The first-order chi connectivity index (χ1) is 11.5. The highest BCUT2D eigenvalue weighted by Gasteiger charge is 2.35. The largest absolute Gasteiger partial charge is 0.418 e. The topological polar surface area (TPSA) is 78.7 Å². The van der Waals surface area contributed by atoms with Gasteiger partial charge in [-0.25, -0.2) is 13.6 Å². The van der Waals surface area contributed by atoms with Crippen LogP contribution in [0.4, 0.5) is 18.9 Å². The van der Waals surface area contributed by atoms with E-state index in [4.69, 9.17) is 5.14 Å². The van der Waals surface area contributed by atoms with E-state index in [0.29, 0.717) is 12.6 Å². The molecule has 25 heavy (non-hydrogen) atoms. The van der Waals surface area contributed by atoms with Gasteiger partial charge in [-0.2, -0.15) is 13.2 Å². The second-order valence-electron chi connectivity index (χ2n) is 6.40. The van der Waals surface area contributed by atoms with Crippen molar-refractivity contribution in [1.82, 2.24) is 9.80 Å². The molecule has 3 N–H and O–H groups in total. The number of piperazine rings is 1. The van der Waals surface area contributed by atoms with Gasteiger partial charge in [-0.3, -0.25) is 4.90 Å². The number of likely N-dealkylation sites (N-methyl/N-ethyl adjacent to an activating group) is 1. The number of rotatable bonds is 5. The van der Waals surface area contributed by atoms with Gasteiger partial charge in [0.15, 0.2) is 0 Å². The molecule has 1 aromatic carbocycles. The van der Waals surface area contributed by atoms with Crippen LogP contribution in [-0.2, 0) is 16.2 Å². The van der Waals surface area contributed by atoms with Crippen molar-refractivity contribution in [3.63, 3.8) is 0 Å². The second kappa shape index (κ2) is 7.48. The van der Waals surface area contributed by atoms with Crippen LogP contribution in [0.1, 0.15) is 12.5 Å². The molecule has 142 valence electrons. The third-order valence-corrected chi connectivity index (χ3v) is 5.07. The maximum absolute atomic E-state index is 13.3. The van der Waals surface area contributed by atoms with Gasteiger partial charge in [0.05, 0.1) is 10.5 Å². The fourth-order valence-electron chi connectivity index (χ4n) is 2.79. The average Bonchev–Trinajstić information content (AvgIpc) is 2.47. The molecule has 0 amide bonds. The first-order valence-corrected chi connectivity index (χ1v) is 9.43. The van der Waals surface area contributed by atoms with Crippen LogP contribution in [0.3, 0.4) is 0 Å². The third-order valence-electron chi connectivity index (χ3n) is 4.15. The first-order valence-electron chi connectivity index (χ1n) is 7.88. The minimum absolute atomic E-state index is 0.151. The number of nitrogens with zero attached hydrogens (tertiary/aromatic N) is 2. The highest BCUT2D eigenvalue weighted by Crippen LogP contribution is 2.36. The number of nitrogens with two attached hydrogens (primary N) is 1. The number of nitrogens with one attached hydrogen (secondary N) is 1. The van der Waals surface area contributed by atoms with E-state index in [9.17, 15) is 21.6 Å². The molecule has 0 aliphatic carbocycles. The van der Waals surface area contributed by atoms with Crippen LogP contribution in [0.2, 0.25) is 0 Å². The summed E-state index contributed by atoms with van der Waals surface area (Å²) < 4.78 is 62.5. The van der Waals surface area contributed by atoms with E-state index in [2.05, 4.69) is 15.1 Å². The summed E-state index contributed by atoms with van der Waals surface area (Å²) in [5.41, 5.74) is -1.19. The number of benzene rings is 1. The van der Waals surface area contributed by atoms with Crippen LogP contribution in [0.5, 0.6) is 0 Å². The van der Waals surface area contributed by atoms with E-state index in [1.54, 1.807) is 6.92 Å². The van der Waals surface area contributed by atoms with Crippen molar-refractivity contribution in [1.29, 1.82) is 0 Å². The molecular weight excluding hydrogens is 357 g/mol. The van der Waals surface area contributed by atoms with Crippen molar-refractivity contribution in [2.45, 2.75) is 24.0 Å². The molecule has 0 radical (unpaired) electrons. The lowest BCUT2D eigenvalue weighted by Gasteiger charge is -2.34. The Kier molecular flexibility index (Phi) is 5.97. The molecule has 1 atom stereocenters. The second-order valence-corrected chi connectivity index (χ2v) is 7.96. The molecule has 1 fully saturated rings. The monoisotopic (exact) mass is 380 g/mol. The van der Waals surface area contributed by atoms with Gasteiger partial charge in [-0.15, -0.1) is 0 Å². The molecule has 0 aromatic heterocycles. The SMILES string of the molecule is CC(CN1CCN(C)CC1)Nc1ccc(S(N)(=O)=O)cc1C(F)(F)F. The molecular formula is C15H23F3N4O2S. The smallest absolute Gasteiger partial charge is 0.381 e. The summed E-state index contributed by atoms with van der Waals surface area (Å²) in [6, 6.07) is 2.53. The lowest BCUT2D eigenvalue weighted by molar-refractivity contribution is -0.137. The summed E-state index contributed by atoms with van der Waals surface area (Å²) >= 11 is 0. The molecule has 1 aromatic rings. The molecule has 0 saturated carbocycles. The van der Waals surface area contributed by atoms with Crippen LogP contribution in [0.25, 0.3) is 0 Å². The minimum Gasteiger partial charge on any atom is -0.381 e. The number of hydrogen-bond donors (Lipinski definition) is 2. The van der Waals surface area contributed by atoms with Crippen LogP contribution in [0.15, 0.2) is 23.1 Å². The number of sulfonamides is 1. The zero-order valence-corrected chi connectivity index (χ0v) is 15.0. The van der Waals surface area contributed by atoms with Crippen LogP contribution < -0.4 is 10.5 Å². The standard InChI is InChI=1S/C15H23F3N4O2S/c1-11(10-22-7-5-21(2)6-8-22)20-14-4-3-12(25(19,23)24)9-13(14)15(16,17)18/h3-4,9,11,20H,5-8,10H2,1-2H3,(H2,19,23,24). The van der Waals surface area contributed by atoms with E-state index >= 15 is 0 Å². The third kappa shape index (κ3) is 5.56. The van der Waals surface area contributed by atoms with Gasteiger partial charge in [0.25, 0.3) is 0 Å². The number of halogens is 3. The normalized spacial score (nSPS) is 19.0. The summed E-state index contributed by atoms with van der Waals surface area (Å²) in [5, 5.41) is 7.77. The van der Waals surface area contributed by atoms with E-state index in [0.717, 1.165) is 38.3 Å². The highest BCUT2D eigenvalue weighted by molar-refractivity contribution is 7.89. The first kappa shape index (κ1) is 20.0. The van der Waals surface area contributed by atoms with Gasteiger partial charge in [0.1, 0.15) is 0 Å². The zero-order valence-electron chi connectivity index (χ0n) is 14.2. The van der Waals surface area contributed by atoms with Gasteiger partial charge >= 0.3 is 6.18 Å². The number of primary sulfonamides is 1. The molecule has 0 bridgehead atoms. The predicted molar refractivity (Wildman–Crippen MR) is 89.8 cm³/mol. The van der Waals surface area contributed by atoms with Crippen molar-refractivity contribution in [3.8, 4) is 0 Å². The van der Waals surface area contributed by atoms with Crippen LogP contribution >= 0.6 is 0 Å². The van der Waals surface area contributed by atoms with E-state index in [1.165, 1.54) is 0 Å². The van der Waals surface area contributed by atoms with E-state index < -0.39 is 26.7 Å². The Morgan fingerprint density at radius 3 is 2.36 bits per heavy atom. The zero-order chi connectivity index (χ0) is 18.8. The van der Waals surface area contributed by atoms with Gasteiger partial charge in [-0.1, -0.05) is 0 Å². The van der Waals surface area contributed by atoms with E-state index in [1.807, 2.05) is 7.05 Å². The molecule has 2 rings (SSSR count). The van der Waals surface area contributed by atoms with Crippen LogP contribution in [0, 0.1) is 0 Å². The van der Waals surface area contributed by atoms with Crippen molar-refractivity contribution in [2.24, 2.45) is 5.14 Å². The summed E-state index contributed by atoms with van der Waals surface area (Å²) in [6.07, 6.45) is -4.68. The molecule has 10 heteroatoms. The molecule has 0 spiro atoms. The average molecular weight is 380 g/mol. The van der Waals surface area contributed by atoms with Crippen LogP contribution in [-0.4, -0.2) is 64.0 Å². The van der Waals surface area contributed by atoms with Gasteiger partial charge in [-0.05, 0) is 32.2 Å². The summed E-state index contributed by atoms with van der Waals surface area (Å²) in [5.74, 6) is 0. The summed E-state index contributed by atoms with van der Waals surface area (Å²) in [7, 11) is -2.17. The highest BCUT2D eigenvalue weighted by atomic mass is 32.2. The molecule has 1 heterocycles. The molecule has 1 unspecified atom stereocenters. The predicted octanol–water partition coefficient (Wildman–Crippen LogP) is 1.40. The Balaban J connectivity index is 2.15. The van der Waals surface area contributed by atoms with Crippen molar-refractivity contribution < 1.29 is 21.6 Å². The Hall–Kier alpha value is -1.36. The number of alkyl halides is 3. The Morgan fingerprint density at radius 2 is 1.84 bits per heavy atom. The molecule has 1 aliphatic heterocycles. The van der Waals surface area contributed by atoms with E-state index in [-0.39, 0.29) is 11.7 Å². The lowest BCUT2D eigenvalue weighted by atomic mass is 10.1. The summed E-state index contributed by atoms with van der Waals surface area (Å²) in [6.45, 7) is 5.96. The fourth-order valence-corrected chi connectivity index (χ4v) is 3.33. The Morgan fingerprint density at radius 1 is 1.24 bits per heavy atom. The maximum atomic E-state index is 13.3. The number of anilines is 1. The minimum atomic E-state index is -4.68. The van der Waals surface area contributed by atoms with Crippen molar-refractivity contribution >= 4 is 15.7 Å². The molecule has 6 nitrogen and oxygen atoms in total. The summed E-state index contributed by atoms with van der Waals surface area (Å²) in [4.78, 5) is 3.82. The van der Waals surface area contributed by atoms with Gasteiger partial charge in [0, 0.05) is 44.5 Å². The lowest BCUT2D eigenvalue weighted by Crippen LogP contribution is -2.47. The maximum Gasteiger partial charge on any atom is 0.418 e. The molecule has 1 aliphatic rings. The Labute approximate surface area is 145 Å². The number of hydrogen-bond acceptors (Lipinski definition) is 5. The van der Waals surface area contributed by atoms with Gasteiger partial charge in [0.2, 0.25) is 10.0 Å². The Bertz CT molecular complexity index is 701. The van der Waals surface area contributed by atoms with Gasteiger partial charge < -0.3 is 10.2 Å².